The van der Waals surface area contributed by atoms with Gasteiger partial charge in [-0.15, -0.1) is 11.8 Å². The summed E-state index contributed by atoms with van der Waals surface area (Å²) in [6.45, 7) is 3.14. The van der Waals surface area contributed by atoms with Gasteiger partial charge in [0.1, 0.15) is 0 Å². The van der Waals surface area contributed by atoms with Gasteiger partial charge in [-0.3, -0.25) is 0 Å². The first-order chi connectivity index (χ1) is 8.83. The Balaban J connectivity index is 2.03. The van der Waals surface area contributed by atoms with Crippen LogP contribution < -0.4 is 5.32 Å². The highest BCUT2D eigenvalue weighted by Crippen LogP contribution is 2.24. The van der Waals surface area contributed by atoms with Gasteiger partial charge in [0.05, 0.1) is 6.61 Å². The average molecular weight is 261 g/mol. The van der Waals surface area contributed by atoms with Crippen molar-refractivity contribution < 1.29 is 5.11 Å². The van der Waals surface area contributed by atoms with E-state index in [2.05, 4.69) is 54.7 Å². The van der Waals surface area contributed by atoms with E-state index in [1.807, 2.05) is 0 Å². The van der Waals surface area contributed by atoms with E-state index < -0.39 is 0 Å². The predicted molar refractivity (Wildman–Crippen MR) is 79.2 cm³/mol. The molecule has 0 bridgehead atoms. The minimum atomic E-state index is 0.173. The molecule has 0 saturated heterocycles. The fourth-order valence-corrected chi connectivity index (χ4v) is 2.91. The van der Waals surface area contributed by atoms with Crippen LogP contribution in [0.3, 0.4) is 0 Å². The molecule has 2 aromatic carbocycles. The standard InChI is InChI=1S/C15H19NOS/c1-2-16-14(10-17)11-18-15-8-7-12-5-3-4-6-13(12)9-15/h3-9,14,16-17H,2,10-11H2,1H3. The first kappa shape index (κ1) is 13.4. The molecule has 0 aromatic heterocycles. The molecule has 2 nitrogen and oxygen atoms in total. The van der Waals surface area contributed by atoms with E-state index in [1.54, 1.807) is 11.8 Å². The van der Waals surface area contributed by atoms with Crippen molar-refractivity contribution in [3.63, 3.8) is 0 Å². The van der Waals surface area contributed by atoms with Crippen LogP contribution in [0, 0.1) is 0 Å². The van der Waals surface area contributed by atoms with Gasteiger partial charge >= 0.3 is 0 Å². The van der Waals surface area contributed by atoms with Crippen molar-refractivity contribution in [2.75, 3.05) is 18.9 Å². The van der Waals surface area contributed by atoms with Gasteiger partial charge in [-0.25, -0.2) is 0 Å². The number of rotatable bonds is 6. The predicted octanol–water partition coefficient (Wildman–Crippen LogP) is 2.90. The number of thioether (sulfide) groups is 1. The number of aliphatic hydroxyl groups excluding tert-OH is 1. The molecule has 2 rings (SSSR count). The first-order valence-electron chi connectivity index (χ1n) is 6.29. The zero-order valence-electron chi connectivity index (χ0n) is 10.6. The smallest absolute Gasteiger partial charge is 0.0592 e. The molecular formula is C15H19NOS. The minimum absolute atomic E-state index is 0.173. The van der Waals surface area contributed by atoms with Gasteiger partial charge < -0.3 is 10.4 Å². The molecule has 0 radical (unpaired) electrons. The summed E-state index contributed by atoms with van der Waals surface area (Å²) in [5.41, 5.74) is 0. The van der Waals surface area contributed by atoms with Crippen molar-refractivity contribution in [3.8, 4) is 0 Å². The van der Waals surface area contributed by atoms with Crippen LogP contribution in [0.2, 0.25) is 0 Å². The highest BCUT2D eigenvalue weighted by Gasteiger charge is 2.06. The van der Waals surface area contributed by atoms with Crippen molar-refractivity contribution in [2.45, 2.75) is 17.9 Å². The van der Waals surface area contributed by atoms with Crippen LogP contribution in [0.1, 0.15) is 6.92 Å². The Morgan fingerprint density at radius 3 is 2.67 bits per heavy atom. The number of hydrogen-bond donors (Lipinski definition) is 2. The Bertz CT molecular complexity index is 501. The maximum Gasteiger partial charge on any atom is 0.0592 e. The normalized spacial score (nSPS) is 12.8. The quantitative estimate of drug-likeness (QED) is 0.784. The third-order valence-electron chi connectivity index (χ3n) is 2.89. The fourth-order valence-electron chi connectivity index (χ4n) is 1.92. The van der Waals surface area contributed by atoms with Crippen LogP contribution >= 0.6 is 11.8 Å². The van der Waals surface area contributed by atoms with E-state index in [4.69, 9.17) is 0 Å². The maximum absolute atomic E-state index is 9.23. The lowest BCUT2D eigenvalue weighted by Crippen LogP contribution is -2.34. The molecule has 0 amide bonds. The zero-order chi connectivity index (χ0) is 12.8. The second-order valence-corrected chi connectivity index (χ2v) is 5.35. The second kappa shape index (κ2) is 6.78. The van der Waals surface area contributed by atoms with Gasteiger partial charge in [-0.05, 0) is 29.4 Å². The molecule has 0 spiro atoms. The molecule has 2 aromatic rings. The summed E-state index contributed by atoms with van der Waals surface area (Å²) in [6, 6.07) is 15.1. The second-order valence-electron chi connectivity index (χ2n) is 4.26. The van der Waals surface area contributed by atoms with Crippen LogP contribution in [-0.4, -0.2) is 30.1 Å². The Hall–Kier alpha value is -1.03. The molecule has 0 heterocycles. The molecular weight excluding hydrogens is 242 g/mol. The van der Waals surface area contributed by atoms with Crippen LogP contribution in [0.25, 0.3) is 10.8 Å². The molecule has 0 fully saturated rings. The van der Waals surface area contributed by atoms with Gasteiger partial charge in [0.15, 0.2) is 0 Å². The summed E-state index contributed by atoms with van der Waals surface area (Å²) in [6.07, 6.45) is 0. The number of aliphatic hydroxyl groups is 1. The molecule has 18 heavy (non-hydrogen) atoms. The summed E-state index contributed by atoms with van der Waals surface area (Å²) in [4.78, 5) is 1.25. The number of benzene rings is 2. The largest absolute Gasteiger partial charge is 0.395 e. The van der Waals surface area contributed by atoms with Gasteiger partial charge in [-0.2, -0.15) is 0 Å². The van der Waals surface area contributed by atoms with E-state index in [-0.39, 0.29) is 12.6 Å². The number of hydrogen-bond acceptors (Lipinski definition) is 3. The highest BCUT2D eigenvalue weighted by molar-refractivity contribution is 7.99. The lowest BCUT2D eigenvalue weighted by Gasteiger charge is -2.14. The SMILES string of the molecule is CCNC(CO)CSc1ccc2ccccc2c1. The van der Waals surface area contributed by atoms with Gasteiger partial charge in [0, 0.05) is 16.7 Å². The van der Waals surface area contributed by atoms with Crippen molar-refractivity contribution in [1.82, 2.24) is 5.32 Å². The Morgan fingerprint density at radius 1 is 1.17 bits per heavy atom. The number of fused-ring (bicyclic) bond motifs is 1. The minimum Gasteiger partial charge on any atom is -0.395 e. The topological polar surface area (TPSA) is 32.3 Å². The van der Waals surface area contributed by atoms with Crippen molar-refractivity contribution >= 4 is 22.5 Å². The van der Waals surface area contributed by atoms with E-state index in [0.29, 0.717) is 0 Å². The van der Waals surface area contributed by atoms with E-state index in [0.717, 1.165) is 12.3 Å². The average Bonchev–Trinajstić information content (AvgIpc) is 2.43. The van der Waals surface area contributed by atoms with E-state index in [1.165, 1.54) is 15.7 Å². The molecule has 96 valence electrons. The van der Waals surface area contributed by atoms with E-state index >= 15 is 0 Å². The Labute approximate surface area is 112 Å². The van der Waals surface area contributed by atoms with Crippen molar-refractivity contribution in [3.05, 3.63) is 42.5 Å². The number of nitrogens with one attached hydrogen (secondary N) is 1. The number of likely N-dealkylation sites (N-methyl/N-ethyl adjacent to an activating group) is 1. The van der Waals surface area contributed by atoms with Gasteiger partial charge in [0.25, 0.3) is 0 Å². The van der Waals surface area contributed by atoms with Crippen LogP contribution in [-0.2, 0) is 0 Å². The van der Waals surface area contributed by atoms with Crippen molar-refractivity contribution in [2.24, 2.45) is 0 Å². The van der Waals surface area contributed by atoms with Crippen LogP contribution in [0.15, 0.2) is 47.4 Å². The zero-order valence-corrected chi connectivity index (χ0v) is 11.4. The maximum atomic E-state index is 9.23. The molecule has 1 atom stereocenters. The Morgan fingerprint density at radius 2 is 1.94 bits per heavy atom. The fraction of sp³-hybridized carbons (Fsp3) is 0.333. The monoisotopic (exact) mass is 261 g/mol. The lowest BCUT2D eigenvalue weighted by atomic mass is 10.1. The Kier molecular flexibility index (Phi) is 5.05. The molecule has 0 aliphatic heterocycles. The van der Waals surface area contributed by atoms with Crippen LogP contribution in [0.4, 0.5) is 0 Å². The van der Waals surface area contributed by atoms with Gasteiger partial charge in [-0.1, -0.05) is 37.3 Å². The molecule has 0 aliphatic rings. The van der Waals surface area contributed by atoms with E-state index in [9.17, 15) is 5.11 Å². The molecule has 1 unspecified atom stereocenters. The summed E-state index contributed by atoms with van der Waals surface area (Å²) in [5, 5.41) is 15.0. The third-order valence-corrected chi connectivity index (χ3v) is 4.04. The summed E-state index contributed by atoms with van der Waals surface area (Å²) in [7, 11) is 0. The lowest BCUT2D eigenvalue weighted by molar-refractivity contribution is 0.255. The molecule has 3 heteroatoms. The first-order valence-corrected chi connectivity index (χ1v) is 7.28. The third kappa shape index (κ3) is 3.48. The summed E-state index contributed by atoms with van der Waals surface area (Å²) >= 11 is 1.79. The molecule has 0 aliphatic carbocycles. The molecule has 2 N–H and O–H groups in total. The molecule has 0 saturated carbocycles. The highest BCUT2D eigenvalue weighted by atomic mass is 32.2. The summed E-state index contributed by atoms with van der Waals surface area (Å²) < 4.78 is 0. The van der Waals surface area contributed by atoms with Gasteiger partial charge in [0.2, 0.25) is 0 Å². The van der Waals surface area contributed by atoms with Crippen molar-refractivity contribution in [1.29, 1.82) is 0 Å². The summed E-state index contributed by atoms with van der Waals surface area (Å²) in [5.74, 6) is 0.892. The van der Waals surface area contributed by atoms with Crippen LogP contribution in [0.5, 0.6) is 0 Å².